The predicted molar refractivity (Wildman–Crippen MR) is 86.7 cm³/mol. The van der Waals surface area contributed by atoms with Gasteiger partial charge in [0, 0.05) is 13.0 Å². The molecule has 1 aliphatic carbocycles. The quantitative estimate of drug-likeness (QED) is 0.849. The number of ether oxygens (including phenoxy) is 1. The van der Waals surface area contributed by atoms with Crippen molar-refractivity contribution < 1.29 is 14.6 Å². The molecule has 0 spiro atoms. The highest BCUT2D eigenvalue weighted by atomic mass is 16.5. The molecule has 1 aromatic rings. The first-order valence-corrected chi connectivity index (χ1v) is 8.17. The highest BCUT2D eigenvalue weighted by Crippen LogP contribution is 2.30. The Morgan fingerprint density at radius 3 is 3.00 bits per heavy atom. The van der Waals surface area contributed by atoms with Crippen molar-refractivity contribution in [2.24, 2.45) is 11.8 Å². The zero-order valence-electron chi connectivity index (χ0n) is 13.5. The number of hydrogen-bond acceptors (Lipinski definition) is 3. The van der Waals surface area contributed by atoms with Crippen LogP contribution in [-0.2, 0) is 4.79 Å². The van der Waals surface area contributed by atoms with Crippen molar-refractivity contribution in [1.82, 2.24) is 5.32 Å². The van der Waals surface area contributed by atoms with Crippen LogP contribution in [0.15, 0.2) is 24.3 Å². The van der Waals surface area contributed by atoms with E-state index < -0.39 is 6.10 Å². The molecule has 0 aromatic heterocycles. The number of methoxy groups -OCH3 is 1. The van der Waals surface area contributed by atoms with Crippen LogP contribution in [0.4, 0.5) is 0 Å². The lowest BCUT2D eigenvalue weighted by Gasteiger charge is -2.26. The fourth-order valence-corrected chi connectivity index (χ4v) is 3.26. The first-order valence-electron chi connectivity index (χ1n) is 8.17. The third-order valence-electron chi connectivity index (χ3n) is 4.49. The molecule has 22 heavy (non-hydrogen) atoms. The molecule has 4 nitrogen and oxygen atoms in total. The van der Waals surface area contributed by atoms with Crippen LogP contribution >= 0.6 is 0 Å². The van der Waals surface area contributed by atoms with Gasteiger partial charge in [-0.1, -0.05) is 31.9 Å². The maximum Gasteiger partial charge on any atom is 0.220 e. The van der Waals surface area contributed by atoms with Gasteiger partial charge in [-0.2, -0.15) is 0 Å². The van der Waals surface area contributed by atoms with Crippen LogP contribution < -0.4 is 10.1 Å². The maximum atomic E-state index is 12.0. The van der Waals surface area contributed by atoms with E-state index in [1.165, 1.54) is 12.8 Å². The largest absolute Gasteiger partial charge is 0.497 e. The first kappa shape index (κ1) is 16.8. The number of carbonyl (C=O) groups is 1. The minimum Gasteiger partial charge on any atom is -0.497 e. The zero-order valence-corrected chi connectivity index (χ0v) is 13.5. The Hall–Kier alpha value is -1.55. The van der Waals surface area contributed by atoms with Gasteiger partial charge in [0.15, 0.2) is 0 Å². The SMILES string of the molecule is COc1cccc(C(O)CNC(=O)CC2CCCC(C)C2)c1. The van der Waals surface area contributed by atoms with Gasteiger partial charge in [0.2, 0.25) is 5.91 Å². The van der Waals surface area contributed by atoms with E-state index in [9.17, 15) is 9.90 Å². The number of amides is 1. The molecule has 1 amide bonds. The normalized spacial score (nSPS) is 22.9. The van der Waals surface area contributed by atoms with Crippen molar-refractivity contribution in [3.05, 3.63) is 29.8 Å². The van der Waals surface area contributed by atoms with E-state index in [0.717, 1.165) is 24.3 Å². The Balaban J connectivity index is 1.77. The van der Waals surface area contributed by atoms with Crippen LogP contribution in [0.25, 0.3) is 0 Å². The number of rotatable bonds is 6. The molecule has 1 fully saturated rings. The molecule has 1 aliphatic rings. The highest BCUT2D eigenvalue weighted by Gasteiger charge is 2.21. The Morgan fingerprint density at radius 1 is 1.45 bits per heavy atom. The van der Waals surface area contributed by atoms with Gasteiger partial charge in [0.1, 0.15) is 5.75 Å². The zero-order chi connectivity index (χ0) is 15.9. The van der Waals surface area contributed by atoms with Gasteiger partial charge in [-0.05, 0) is 42.4 Å². The van der Waals surface area contributed by atoms with Crippen LogP contribution in [0.3, 0.4) is 0 Å². The van der Waals surface area contributed by atoms with Crippen LogP contribution in [0.2, 0.25) is 0 Å². The second-order valence-electron chi connectivity index (χ2n) is 6.44. The first-order chi connectivity index (χ1) is 10.6. The number of carbonyl (C=O) groups excluding carboxylic acids is 1. The smallest absolute Gasteiger partial charge is 0.220 e. The van der Waals surface area contributed by atoms with Crippen LogP contribution in [0.5, 0.6) is 5.75 Å². The van der Waals surface area contributed by atoms with Gasteiger partial charge in [-0.3, -0.25) is 4.79 Å². The summed E-state index contributed by atoms with van der Waals surface area (Å²) in [7, 11) is 1.60. The molecule has 1 saturated carbocycles. The topological polar surface area (TPSA) is 58.6 Å². The predicted octanol–water partition coefficient (Wildman–Crippen LogP) is 3.06. The summed E-state index contributed by atoms with van der Waals surface area (Å²) in [6.45, 7) is 2.50. The Labute approximate surface area is 132 Å². The monoisotopic (exact) mass is 305 g/mol. The summed E-state index contributed by atoms with van der Waals surface area (Å²) in [5.74, 6) is 1.98. The van der Waals surface area contributed by atoms with Gasteiger partial charge in [-0.25, -0.2) is 0 Å². The van der Waals surface area contributed by atoms with Gasteiger partial charge in [0.05, 0.1) is 13.2 Å². The van der Waals surface area contributed by atoms with E-state index >= 15 is 0 Å². The van der Waals surface area contributed by atoms with Gasteiger partial charge < -0.3 is 15.2 Å². The molecule has 3 atom stereocenters. The summed E-state index contributed by atoms with van der Waals surface area (Å²) in [4.78, 5) is 12.0. The molecular weight excluding hydrogens is 278 g/mol. The van der Waals surface area contributed by atoms with Crippen LogP contribution in [0.1, 0.15) is 50.7 Å². The molecule has 3 unspecified atom stereocenters. The van der Waals surface area contributed by atoms with Gasteiger partial charge in [0.25, 0.3) is 0 Å². The Morgan fingerprint density at radius 2 is 2.27 bits per heavy atom. The highest BCUT2D eigenvalue weighted by molar-refractivity contribution is 5.76. The summed E-state index contributed by atoms with van der Waals surface area (Å²) in [6.07, 6.45) is 4.68. The molecule has 1 aromatic carbocycles. The molecule has 122 valence electrons. The van der Waals surface area contributed by atoms with Crippen molar-refractivity contribution in [2.75, 3.05) is 13.7 Å². The molecule has 0 saturated heterocycles. The van der Waals surface area contributed by atoms with E-state index in [2.05, 4.69) is 12.2 Å². The van der Waals surface area contributed by atoms with E-state index in [-0.39, 0.29) is 12.5 Å². The molecule has 0 heterocycles. The van der Waals surface area contributed by atoms with Gasteiger partial charge in [-0.15, -0.1) is 0 Å². The van der Waals surface area contributed by atoms with Crippen molar-refractivity contribution in [3.8, 4) is 5.75 Å². The number of nitrogens with one attached hydrogen (secondary N) is 1. The molecular formula is C18H27NO3. The average molecular weight is 305 g/mol. The third-order valence-corrected chi connectivity index (χ3v) is 4.49. The standard InChI is InChI=1S/C18H27NO3/c1-13-5-3-6-14(9-13)10-18(21)19-12-17(20)15-7-4-8-16(11-15)22-2/h4,7-8,11,13-14,17,20H,3,5-6,9-10,12H2,1-2H3,(H,19,21). The lowest BCUT2D eigenvalue weighted by atomic mass is 9.81. The molecule has 2 rings (SSSR count). The summed E-state index contributed by atoms with van der Waals surface area (Å²) in [5, 5.41) is 13.0. The number of benzene rings is 1. The third kappa shape index (κ3) is 5.02. The molecule has 0 aliphatic heterocycles. The van der Waals surface area contributed by atoms with Crippen LogP contribution in [-0.4, -0.2) is 24.7 Å². The second-order valence-corrected chi connectivity index (χ2v) is 6.44. The maximum absolute atomic E-state index is 12.0. The fourth-order valence-electron chi connectivity index (χ4n) is 3.26. The summed E-state index contributed by atoms with van der Waals surface area (Å²) >= 11 is 0. The van der Waals surface area contributed by atoms with E-state index in [0.29, 0.717) is 18.1 Å². The van der Waals surface area contributed by atoms with Gasteiger partial charge >= 0.3 is 0 Å². The molecule has 4 heteroatoms. The summed E-state index contributed by atoms with van der Waals surface area (Å²) in [5.41, 5.74) is 0.755. The van der Waals surface area contributed by atoms with E-state index in [1.807, 2.05) is 18.2 Å². The van der Waals surface area contributed by atoms with Crippen molar-refractivity contribution in [1.29, 1.82) is 0 Å². The van der Waals surface area contributed by atoms with E-state index in [4.69, 9.17) is 4.74 Å². The summed E-state index contributed by atoms with van der Waals surface area (Å²) in [6, 6.07) is 7.30. The molecule has 0 radical (unpaired) electrons. The lowest BCUT2D eigenvalue weighted by Crippen LogP contribution is -2.30. The molecule has 0 bridgehead atoms. The number of aliphatic hydroxyl groups excluding tert-OH is 1. The fraction of sp³-hybridized carbons (Fsp3) is 0.611. The number of hydrogen-bond donors (Lipinski definition) is 2. The minimum atomic E-state index is -0.704. The molecule has 2 N–H and O–H groups in total. The Bertz CT molecular complexity index is 489. The summed E-state index contributed by atoms with van der Waals surface area (Å²) < 4.78 is 5.14. The van der Waals surface area contributed by atoms with Crippen molar-refractivity contribution in [3.63, 3.8) is 0 Å². The Kier molecular flexibility index (Phi) is 6.25. The van der Waals surface area contributed by atoms with E-state index in [1.54, 1.807) is 13.2 Å². The second kappa shape index (κ2) is 8.18. The van der Waals surface area contributed by atoms with Crippen LogP contribution in [0, 0.1) is 11.8 Å². The van der Waals surface area contributed by atoms with Crippen molar-refractivity contribution in [2.45, 2.75) is 45.1 Å². The minimum absolute atomic E-state index is 0.0426. The van der Waals surface area contributed by atoms with Crippen molar-refractivity contribution >= 4 is 5.91 Å². The number of aliphatic hydroxyl groups is 1. The average Bonchev–Trinajstić information content (AvgIpc) is 2.52. The lowest BCUT2D eigenvalue weighted by molar-refractivity contribution is -0.122.